The quantitative estimate of drug-likeness (QED) is 0.847. The van der Waals surface area contributed by atoms with Crippen LogP contribution in [0.4, 0.5) is 0 Å². The summed E-state index contributed by atoms with van der Waals surface area (Å²) in [6.07, 6.45) is 12.8. The molecule has 1 N–H and O–H groups in total. The van der Waals surface area contributed by atoms with Gasteiger partial charge in [0.15, 0.2) is 0 Å². The lowest BCUT2D eigenvalue weighted by atomic mass is 9.88. The van der Waals surface area contributed by atoms with Gasteiger partial charge in [0, 0.05) is 12.4 Å². The highest BCUT2D eigenvalue weighted by atomic mass is 16.4. The van der Waals surface area contributed by atoms with E-state index in [-0.39, 0.29) is 0 Å². The van der Waals surface area contributed by atoms with Gasteiger partial charge in [-0.3, -0.25) is 0 Å². The van der Waals surface area contributed by atoms with Crippen molar-refractivity contribution in [2.75, 3.05) is 0 Å². The summed E-state index contributed by atoms with van der Waals surface area (Å²) in [5, 5.41) is 11.5. The first-order valence-electron chi connectivity index (χ1n) is 6.87. The van der Waals surface area contributed by atoms with Crippen LogP contribution in [-0.4, -0.2) is 16.0 Å². The van der Waals surface area contributed by atoms with E-state index in [2.05, 4.69) is 6.08 Å². The molecule has 102 valence electrons. The number of carboxylic acids is 1. The number of nitrogens with zero attached hydrogens (tertiary/aromatic N) is 1. The Morgan fingerprint density at radius 3 is 2.95 bits per heavy atom. The highest BCUT2D eigenvalue weighted by Gasteiger charge is 2.28. The lowest BCUT2D eigenvalue weighted by Gasteiger charge is -2.31. The molecule has 0 unspecified atom stereocenters. The first-order chi connectivity index (χ1) is 10.3. The summed E-state index contributed by atoms with van der Waals surface area (Å²) in [7, 11) is 0. The Kier molecular flexibility index (Phi) is 2.48. The normalized spacial score (nSPS) is 18.6. The zero-order valence-electron chi connectivity index (χ0n) is 11.3. The maximum absolute atomic E-state index is 11.9. The number of rotatable bonds is 1. The van der Waals surface area contributed by atoms with Gasteiger partial charge in [0.2, 0.25) is 0 Å². The van der Waals surface area contributed by atoms with Gasteiger partial charge < -0.3 is 10.0 Å². The molecule has 1 aromatic carbocycles. The molecule has 0 radical (unpaired) electrons. The molecule has 3 heteroatoms. The smallest absolute Gasteiger partial charge is 0.338 e. The number of carbonyl (C=O) groups is 1. The van der Waals surface area contributed by atoms with E-state index in [0.717, 1.165) is 33.7 Å². The van der Waals surface area contributed by atoms with Crippen molar-refractivity contribution in [1.29, 1.82) is 0 Å². The van der Waals surface area contributed by atoms with Crippen molar-refractivity contribution in [2.24, 2.45) is 0 Å². The Bertz CT molecular complexity index is 897. The highest BCUT2D eigenvalue weighted by Crippen LogP contribution is 2.35. The van der Waals surface area contributed by atoms with Crippen LogP contribution in [0, 0.1) is 0 Å². The van der Waals surface area contributed by atoms with Crippen LogP contribution in [0.3, 0.4) is 0 Å². The topological polar surface area (TPSA) is 40.5 Å². The molecule has 0 bridgehead atoms. The van der Waals surface area contributed by atoms with Gasteiger partial charge in [0.1, 0.15) is 0 Å². The van der Waals surface area contributed by atoms with Crippen molar-refractivity contribution in [3.05, 3.63) is 82.1 Å². The molecule has 2 heterocycles. The molecule has 21 heavy (non-hydrogen) atoms. The number of allylic oxidation sites excluding steroid dienone is 6. The molecular formula is C18H13NO2. The van der Waals surface area contributed by atoms with E-state index in [1.165, 1.54) is 0 Å². The van der Waals surface area contributed by atoms with Crippen molar-refractivity contribution < 1.29 is 9.90 Å². The molecule has 0 saturated heterocycles. The number of aliphatic carboxylic acids is 1. The zero-order chi connectivity index (χ0) is 14.4. The summed E-state index contributed by atoms with van der Waals surface area (Å²) in [6, 6.07) is 7.63. The second-order valence-electron chi connectivity index (χ2n) is 5.20. The number of benzene rings is 1. The molecule has 0 spiro atoms. The molecular weight excluding hydrogens is 262 g/mol. The number of hydrogen-bond acceptors (Lipinski definition) is 2. The van der Waals surface area contributed by atoms with Crippen LogP contribution in [0.2, 0.25) is 0 Å². The minimum atomic E-state index is -0.882. The van der Waals surface area contributed by atoms with Crippen LogP contribution in [-0.2, 0) is 4.79 Å². The third-order valence-corrected chi connectivity index (χ3v) is 4.00. The minimum Gasteiger partial charge on any atom is -0.478 e. The van der Waals surface area contributed by atoms with Crippen LogP contribution in [0.15, 0.2) is 71.6 Å². The van der Waals surface area contributed by atoms with Gasteiger partial charge in [-0.05, 0) is 34.1 Å². The first kappa shape index (κ1) is 12.0. The molecule has 0 atom stereocenters. The zero-order valence-corrected chi connectivity index (χ0v) is 11.3. The van der Waals surface area contributed by atoms with Gasteiger partial charge in [-0.15, -0.1) is 0 Å². The molecule has 1 aromatic rings. The molecule has 0 aromatic heterocycles. The summed E-state index contributed by atoms with van der Waals surface area (Å²) >= 11 is 0. The second-order valence-corrected chi connectivity index (χ2v) is 5.20. The molecule has 3 nitrogen and oxygen atoms in total. The average molecular weight is 275 g/mol. The van der Waals surface area contributed by atoms with Gasteiger partial charge in [-0.2, -0.15) is 0 Å². The highest BCUT2D eigenvalue weighted by molar-refractivity contribution is 6.15. The van der Waals surface area contributed by atoms with Crippen LogP contribution in [0.5, 0.6) is 0 Å². The van der Waals surface area contributed by atoms with Gasteiger partial charge in [0.05, 0.1) is 11.3 Å². The second kappa shape index (κ2) is 4.35. The van der Waals surface area contributed by atoms with Gasteiger partial charge >= 0.3 is 5.97 Å². The Balaban J connectivity index is 2.13. The van der Waals surface area contributed by atoms with Crippen molar-refractivity contribution in [3.63, 3.8) is 0 Å². The van der Waals surface area contributed by atoms with Crippen molar-refractivity contribution in [2.45, 2.75) is 6.42 Å². The van der Waals surface area contributed by atoms with Crippen molar-refractivity contribution in [3.8, 4) is 0 Å². The van der Waals surface area contributed by atoms with Gasteiger partial charge in [-0.25, -0.2) is 4.79 Å². The van der Waals surface area contributed by atoms with E-state index in [1.807, 2.05) is 59.8 Å². The molecule has 3 aliphatic rings. The standard InChI is InChI=1S/C18H13NO2/c20-18(21)16-14-7-3-2-6-13(14)11-19-10-9-12-5-1-4-8-15(12)17(16)19/h1-7,9-11H,8H2,(H,20,21). The summed E-state index contributed by atoms with van der Waals surface area (Å²) in [6.45, 7) is 0. The van der Waals surface area contributed by atoms with Crippen LogP contribution >= 0.6 is 0 Å². The van der Waals surface area contributed by atoms with Crippen LogP contribution in [0.25, 0.3) is 11.8 Å². The summed E-state index contributed by atoms with van der Waals surface area (Å²) < 4.78 is 0. The molecule has 2 aliphatic heterocycles. The Morgan fingerprint density at radius 2 is 2.10 bits per heavy atom. The first-order valence-corrected chi connectivity index (χ1v) is 6.87. The van der Waals surface area contributed by atoms with E-state index < -0.39 is 5.97 Å². The Labute approximate surface area is 121 Å². The third-order valence-electron chi connectivity index (χ3n) is 4.00. The van der Waals surface area contributed by atoms with E-state index in [4.69, 9.17) is 0 Å². The van der Waals surface area contributed by atoms with Gasteiger partial charge in [-0.1, -0.05) is 42.5 Å². The lowest BCUT2D eigenvalue weighted by Crippen LogP contribution is -2.39. The lowest BCUT2D eigenvalue weighted by molar-refractivity contribution is -0.130. The predicted octanol–water partition coefficient (Wildman–Crippen LogP) is 1.64. The summed E-state index contributed by atoms with van der Waals surface area (Å²) in [5.41, 5.74) is 3.34. The van der Waals surface area contributed by atoms with Crippen LogP contribution in [0.1, 0.15) is 6.42 Å². The van der Waals surface area contributed by atoms with Crippen molar-refractivity contribution in [1.82, 2.24) is 4.90 Å². The molecule has 1 aliphatic carbocycles. The summed E-state index contributed by atoms with van der Waals surface area (Å²) in [4.78, 5) is 13.8. The maximum Gasteiger partial charge on any atom is 0.338 e. The fourth-order valence-corrected chi connectivity index (χ4v) is 3.08. The van der Waals surface area contributed by atoms with E-state index >= 15 is 0 Å². The van der Waals surface area contributed by atoms with Gasteiger partial charge in [0.25, 0.3) is 0 Å². The van der Waals surface area contributed by atoms with E-state index in [0.29, 0.717) is 5.57 Å². The maximum atomic E-state index is 11.9. The number of carboxylic acid groups (broad SMARTS) is 1. The Hall–Kier alpha value is -2.81. The van der Waals surface area contributed by atoms with E-state index in [9.17, 15) is 9.90 Å². The number of fused-ring (bicyclic) bond motifs is 3. The molecule has 4 rings (SSSR count). The fourth-order valence-electron chi connectivity index (χ4n) is 3.08. The van der Waals surface area contributed by atoms with Crippen LogP contribution < -0.4 is 10.4 Å². The fraction of sp³-hybridized carbons (Fsp3) is 0.0556. The van der Waals surface area contributed by atoms with E-state index in [1.54, 1.807) is 0 Å². The predicted molar refractivity (Wildman–Crippen MR) is 81.0 cm³/mol. The molecule has 0 saturated carbocycles. The number of hydrogen-bond donors (Lipinski definition) is 1. The molecule has 0 fully saturated rings. The summed E-state index contributed by atoms with van der Waals surface area (Å²) in [5.74, 6) is -0.882. The van der Waals surface area contributed by atoms with Crippen molar-refractivity contribution >= 4 is 17.7 Å². The molecule has 0 amide bonds. The largest absolute Gasteiger partial charge is 0.478 e. The average Bonchev–Trinajstić information content (AvgIpc) is 2.52. The third kappa shape index (κ3) is 1.71. The Morgan fingerprint density at radius 1 is 1.24 bits per heavy atom. The monoisotopic (exact) mass is 275 g/mol. The minimum absolute atomic E-state index is 0.383. The SMILES string of the molecule is O=C(O)C1=c2ccccc2=CN2C=CC3=CC=CCC3=C12.